The second kappa shape index (κ2) is 11.4. The largest absolute Gasteiger partial charge is 0.573 e. The SMILES string of the molecule is CC(C)(C)OC(=O)NCc1nn(-c2ccc(OC(F)(F)F)cc2)c2nccc(O[C@H]3C[C@@H](O[Si](C)(C)C(C)(C)C)C3)c12. The van der Waals surface area contributed by atoms with Crippen LogP contribution >= 0.6 is 0 Å². The number of nitrogens with one attached hydrogen (secondary N) is 1. The van der Waals surface area contributed by atoms with Crippen LogP contribution in [0.5, 0.6) is 11.5 Å². The molecule has 1 N–H and O–H groups in total. The first kappa shape index (κ1) is 31.6. The van der Waals surface area contributed by atoms with Crippen LogP contribution in [0, 0.1) is 0 Å². The van der Waals surface area contributed by atoms with Crippen molar-refractivity contribution in [1.82, 2.24) is 20.1 Å². The third kappa shape index (κ3) is 7.74. The molecule has 3 aromatic rings. The minimum absolute atomic E-state index is 0.0114. The highest BCUT2D eigenvalue weighted by molar-refractivity contribution is 6.74. The number of hydrogen-bond acceptors (Lipinski definition) is 7. The molecule has 2 aromatic heterocycles. The van der Waals surface area contributed by atoms with Crippen LogP contribution in [0.3, 0.4) is 0 Å². The smallest absolute Gasteiger partial charge is 0.489 e. The van der Waals surface area contributed by atoms with Gasteiger partial charge in [-0.1, -0.05) is 20.8 Å². The summed E-state index contributed by atoms with van der Waals surface area (Å²) in [6.07, 6.45) is -2.28. The first-order valence-corrected chi connectivity index (χ1v) is 16.8. The molecule has 4 rings (SSSR count). The normalized spacial score (nSPS) is 18.0. The van der Waals surface area contributed by atoms with Gasteiger partial charge in [-0.15, -0.1) is 13.2 Å². The number of fused-ring (bicyclic) bond motifs is 1. The molecule has 0 bridgehead atoms. The summed E-state index contributed by atoms with van der Waals surface area (Å²) in [4.78, 5) is 16.9. The zero-order chi connectivity index (χ0) is 31.1. The Labute approximate surface area is 244 Å². The van der Waals surface area contributed by atoms with Crippen LogP contribution in [-0.2, 0) is 15.7 Å². The molecule has 1 fully saturated rings. The highest BCUT2D eigenvalue weighted by atomic mass is 28.4. The van der Waals surface area contributed by atoms with Crippen molar-refractivity contribution in [3.63, 3.8) is 0 Å². The van der Waals surface area contributed by atoms with Crippen molar-refractivity contribution in [2.45, 2.75) is 103 Å². The van der Waals surface area contributed by atoms with E-state index in [-0.39, 0.29) is 29.5 Å². The molecule has 9 nitrogen and oxygen atoms in total. The molecule has 2 heterocycles. The molecule has 0 radical (unpaired) electrons. The summed E-state index contributed by atoms with van der Waals surface area (Å²) >= 11 is 0. The van der Waals surface area contributed by atoms with E-state index in [2.05, 4.69) is 54.0 Å². The number of rotatable bonds is 8. The van der Waals surface area contributed by atoms with E-state index in [0.29, 0.717) is 28.2 Å². The molecule has 1 aliphatic rings. The predicted octanol–water partition coefficient (Wildman–Crippen LogP) is 7.28. The Bertz CT molecular complexity index is 1410. The Morgan fingerprint density at radius 3 is 2.24 bits per heavy atom. The van der Waals surface area contributed by atoms with Crippen LogP contribution in [0.1, 0.15) is 60.1 Å². The zero-order valence-corrected chi connectivity index (χ0v) is 26.3. The quantitative estimate of drug-likeness (QED) is 0.269. The maximum absolute atomic E-state index is 12.7. The maximum atomic E-state index is 12.7. The molecule has 13 heteroatoms. The fourth-order valence-corrected chi connectivity index (χ4v) is 5.61. The monoisotopic (exact) mass is 608 g/mol. The molecule has 0 spiro atoms. The van der Waals surface area contributed by atoms with Gasteiger partial charge in [0.25, 0.3) is 0 Å². The van der Waals surface area contributed by atoms with Crippen LogP contribution in [0.25, 0.3) is 16.7 Å². The minimum Gasteiger partial charge on any atom is -0.489 e. The number of nitrogens with zero attached hydrogens (tertiary/aromatic N) is 3. The Morgan fingerprint density at radius 1 is 1.02 bits per heavy atom. The number of aromatic nitrogens is 3. The van der Waals surface area contributed by atoms with E-state index in [1.807, 2.05) is 0 Å². The topological polar surface area (TPSA) is 96.7 Å². The number of alkyl carbamates (subject to hydrolysis) is 1. The van der Waals surface area contributed by atoms with E-state index in [4.69, 9.17) is 13.9 Å². The van der Waals surface area contributed by atoms with Gasteiger partial charge >= 0.3 is 12.5 Å². The first-order chi connectivity index (χ1) is 19.3. The van der Waals surface area contributed by atoms with Crippen LogP contribution < -0.4 is 14.8 Å². The van der Waals surface area contributed by atoms with E-state index in [1.54, 1.807) is 33.0 Å². The molecule has 0 saturated heterocycles. The summed E-state index contributed by atoms with van der Waals surface area (Å²) in [5.74, 6) is 0.186. The van der Waals surface area contributed by atoms with E-state index in [0.717, 1.165) is 12.8 Å². The standard InChI is InChI=1S/C29H39F3N4O5Si/c1-27(2,3)40-26(37)34-17-22-24-23(38-20-15-21(16-20)41-42(7,8)28(4,5)6)13-14-33-25(24)36(35-22)18-9-11-19(12-10-18)39-29(30,31)32/h9-14,20-21H,15-17H2,1-8H3,(H,34,37)/t20-,21+. The minimum atomic E-state index is -4.80. The highest BCUT2D eigenvalue weighted by Crippen LogP contribution is 2.41. The van der Waals surface area contributed by atoms with Crippen molar-refractivity contribution < 1.29 is 36.6 Å². The van der Waals surface area contributed by atoms with E-state index in [1.165, 1.54) is 28.9 Å². The lowest BCUT2D eigenvalue weighted by Gasteiger charge is -2.44. The molecule has 0 unspecified atom stereocenters. The average Bonchev–Trinajstić information content (AvgIpc) is 3.18. The molecule has 1 aliphatic carbocycles. The van der Waals surface area contributed by atoms with E-state index in [9.17, 15) is 18.0 Å². The maximum Gasteiger partial charge on any atom is 0.573 e. The molecule has 1 amide bonds. The number of ether oxygens (including phenoxy) is 3. The number of pyridine rings is 1. The number of carbonyl (C=O) groups excluding carboxylic acids is 1. The van der Waals surface area contributed by atoms with E-state index >= 15 is 0 Å². The Kier molecular flexibility index (Phi) is 8.58. The summed E-state index contributed by atoms with van der Waals surface area (Å²) in [6.45, 7) is 16.4. The average molecular weight is 609 g/mol. The Morgan fingerprint density at radius 2 is 1.67 bits per heavy atom. The van der Waals surface area contributed by atoms with Crippen LogP contribution in [0.2, 0.25) is 18.1 Å². The van der Waals surface area contributed by atoms with Crippen molar-refractivity contribution in [2.24, 2.45) is 0 Å². The fraction of sp³-hybridized carbons (Fsp3) is 0.552. The van der Waals surface area contributed by atoms with Gasteiger partial charge in [-0.25, -0.2) is 14.5 Å². The molecule has 1 saturated carbocycles. The number of benzene rings is 1. The number of halogens is 3. The zero-order valence-electron chi connectivity index (χ0n) is 25.3. The van der Waals surface area contributed by atoms with E-state index < -0.39 is 26.4 Å². The van der Waals surface area contributed by atoms with Gasteiger partial charge in [-0.05, 0) is 69.2 Å². The van der Waals surface area contributed by atoms with Gasteiger partial charge in [-0.2, -0.15) is 5.10 Å². The summed E-state index contributed by atoms with van der Waals surface area (Å²) in [5.41, 5.74) is 0.651. The van der Waals surface area contributed by atoms with Gasteiger partial charge in [-0.3, -0.25) is 0 Å². The predicted molar refractivity (Wildman–Crippen MR) is 154 cm³/mol. The van der Waals surface area contributed by atoms with Crippen molar-refractivity contribution in [3.8, 4) is 17.2 Å². The lowest BCUT2D eigenvalue weighted by molar-refractivity contribution is -0.274. The van der Waals surface area contributed by atoms with Crippen molar-refractivity contribution >= 4 is 25.4 Å². The Balaban J connectivity index is 1.60. The first-order valence-electron chi connectivity index (χ1n) is 13.9. The molecule has 0 atom stereocenters. The van der Waals surface area contributed by atoms with Crippen molar-refractivity contribution in [2.75, 3.05) is 0 Å². The van der Waals surface area contributed by atoms with Gasteiger partial charge in [0, 0.05) is 19.0 Å². The van der Waals surface area contributed by atoms with Gasteiger partial charge in [0.2, 0.25) is 0 Å². The second-order valence-electron chi connectivity index (χ2n) is 13.0. The highest BCUT2D eigenvalue weighted by Gasteiger charge is 2.43. The van der Waals surface area contributed by atoms with Crippen LogP contribution in [0.4, 0.5) is 18.0 Å². The molecule has 42 heavy (non-hydrogen) atoms. The van der Waals surface area contributed by atoms with Crippen LogP contribution in [0.15, 0.2) is 36.5 Å². The van der Waals surface area contributed by atoms with Gasteiger partial charge in [0.15, 0.2) is 14.0 Å². The van der Waals surface area contributed by atoms with Crippen molar-refractivity contribution in [3.05, 3.63) is 42.2 Å². The lowest BCUT2D eigenvalue weighted by atomic mass is 9.92. The lowest BCUT2D eigenvalue weighted by Crippen LogP contribution is -2.50. The molecular formula is C29H39F3N4O5Si. The summed E-state index contributed by atoms with van der Waals surface area (Å²) < 4.78 is 61.7. The fourth-order valence-electron chi connectivity index (χ4n) is 4.23. The molecule has 1 aromatic carbocycles. The number of alkyl halides is 3. The van der Waals surface area contributed by atoms with Gasteiger partial charge in [0.05, 0.1) is 29.4 Å². The number of hydrogen-bond donors (Lipinski definition) is 1. The Hall–Kier alpha value is -3.32. The summed E-state index contributed by atoms with van der Waals surface area (Å²) in [7, 11) is -1.90. The van der Waals surface area contributed by atoms with Crippen molar-refractivity contribution in [1.29, 1.82) is 0 Å². The number of amides is 1. The third-order valence-corrected chi connectivity index (χ3v) is 11.9. The molecule has 0 aliphatic heterocycles. The number of carbonyl (C=O) groups is 1. The second-order valence-corrected chi connectivity index (χ2v) is 17.7. The summed E-state index contributed by atoms with van der Waals surface area (Å²) in [5, 5.41) is 8.07. The molecule has 230 valence electrons. The summed E-state index contributed by atoms with van der Waals surface area (Å²) in [6, 6.07) is 7.04. The van der Waals surface area contributed by atoms with Gasteiger partial charge in [0.1, 0.15) is 23.2 Å². The van der Waals surface area contributed by atoms with Gasteiger partial charge < -0.3 is 24.0 Å². The van der Waals surface area contributed by atoms with Crippen LogP contribution in [-0.4, -0.2) is 53.3 Å². The third-order valence-electron chi connectivity index (χ3n) is 7.33. The molecular weight excluding hydrogens is 569 g/mol.